The number of likely N-dealkylation sites (tertiary alicyclic amines) is 1. The van der Waals surface area contributed by atoms with Gasteiger partial charge in [0.05, 0.1) is 0 Å². The molecule has 3 atom stereocenters. The van der Waals surface area contributed by atoms with Crippen LogP contribution in [0.5, 0.6) is 0 Å². The zero-order valence-electron chi connectivity index (χ0n) is 10.9. The number of rotatable bonds is 3. The average Bonchev–Trinajstić information content (AvgIpc) is 2.78. The lowest BCUT2D eigenvalue weighted by atomic mass is 9.81. The van der Waals surface area contributed by atoms with E-state index >= 15 is 0 Å². The van der Waals surface area contributed by atoms with E-state index in [-0.39, 0.29) is 6.04 Å². The fraction of sp³-hybridized carbons (Fsp3) is 0.923. The number of carbonyl (C=O) groups is 1. The Labute approximate surface area is 103 Å². The first kappa shape index (κ1) is 12.8. The predicted molar refractivity (Wildman–Crippen MR) is 67.0 cm³/mol. The summed E-state index contributed by atoms with van der Waals surface area (Å²) in [5, 5.41) is 12.2. The average molecular weight is 240 g/mol. The molecule has 0 aromatic rings. The minimum Gasteiger partial charge on any atom is -0.480 e. The van der Waals surface area contributed by atoms with E-state index in [1.807, 2.05) is 0 Å². The molecule has 0 aliphatic carbocycles. The quantitative estimate of drug-likeness (QED) is 0.777. The van der Waals surface area contributed by atoms with Gasteiger partial charge in [-0.2, -0.15) is 0 Å². The summed E-state index contributed by atoms with van der Waals surface area (Å²) < 4.78 is 0. The fourth-order valence-corrected chi connectivity index (χ4v) is 3.23. The number of piperidine rings is 1. The minimum atomic E-state index is -0.687. The molecule has 98 valence electrons. The Morgan fingerprint density at radius 3 is 2.71 bits per heavy atom. The van der Waals surface area contributed by atoms with Crippen molar-refractivity contribution in [1.29, 1.82) is 0 Å². The molecule has 0 amide bonds. The Hall–Kier alpha value is -0.610. The lowest BCUT2D eigenvalue weighted by molar-refractivity contribution is -0.140. The highest BCUT2D eigenvalue weighted by Gasteiger charge is 2.35. The normalized spacial score (nSPS) is 35.4. The van der Waals surface area contributed by atoms with E-state index in [1.165, 1.54) is 13.0 Å². The highest BCUT2D eigenvalue weighted by atomic mass is 16.4. The van der Waals surface area contributed by atoms with Gasteiger partial charge >= 0.3 is 5.97 Å². The first-order valence-corrected chi connectivity index (χ1v) is 6.78. The summed E-state index contributed by atoms with van der Waals surface area (Å²) in [5.41, 5.74) is 0. The van der Waals surface area contributed by atoms with Crippen LogP contribution in [0.2, 0.25) is 0 Å². The summed E-state index contributed by atoms with van der Waals surface area (Å²) in [7, 11) is 0. The SMILES string of the molecule is CC(C)N1CCC(C2CCNC(C(=O)O)C2)C1. The van der Waals surface area contributed by atoms with Crippen LogP contribution in [0.15, 0.2) is 0 Å². The third-order valence-corrected chi connectivity index (χ3v) is 4.40. The van der Waals surface area contributed by atoms with Gasteiger partial charge in [0.1, 0.15) is 6.04 Å². The summed E-state index contributed by atoms with van der Waals surface area (Å²) in [4.78, 5) is 13.5. The maximum Gasteiger partial charge on any atom is 0.320 e. The second kappa shape index (κ2) is 5.36. The molecular formula is C13H24N2O2. The maximum atomic E-state index is 11.0. The third kappa shape index (κ3) is 2.99. The summed E-state index contributed by atoms with van der Waals surface area (Å²) >= 11 is 0. The molecule has 0 aromatic carbocycles. The highest BCUT2D eigenvalue weighted by Crippen LogP contribution is 2.32. The van der Waals surface area contributed by atoms with Crippen LogP contribution in [0.1, 0.15) is 33.1 Å². The van der Waals surface area contributed by atoms with Crippen molar-refractivity contribution < 1.29 is 9.90 Å². The Morgan fingerprint density at radius 1 is 1.35 bits per heavy atom. The maximum absolute atomic E-state index is 11.0. The van der Waals surface area contributed by atoms with E-state index in [0.717, 1.165) is 25.9 Å². The largest absolute Gasteiger partial charge is 0.480 e. The molecular weight excluding hydrogens is 216 g/mol. The highest BCUT2D eigenvalue weighted by molar-refractivity contribution is 5.73. The first-order valence-electron chi connectivity index (χ1n) is 6.78. The number of nitrogens with one attached hydrogen (secondary N) is 1. The molecule has 3 unspecified atom stereocenters. The van der Waals surface area contributed by atoms with E-state index in [1.54, 1.807) is 0 Å². The first-order chi connectivity index (χ1) is 8.08. The van der Waals surface area contributed by atoms with Gasteiger partial charge in [-0.3, -0.25) is 4.79 Å². The third-order valence-electron chi connectivity index (χ3n) is 4.40. The Bertz CT molecular complexity index is 281. The van der Waals surface area contributed by atoms with Gasteiger partial charge in [-0.05, 0) is 58.0 Å². The van der Waals surface area contributed by atoms with E-state index in [9.17, 15) is 4.79 Å². The van der Waals surface area contributed by atoms with E-state index in [0.29, 0.717) is 17.9 Å². The van der Waals surface area contributed by atoms with Crippen molar-refractivity contribution in [2.45, 2.75) is 45.2 Å². The number of carboxylic acid groups (broad SMARTS) is 1. The fourth-order valence-electron chi connectivity index (χ4n) is 3.23. The van der Waals surface area contributed by atoms with Crippen molar-refractivity contribution in [2.75, 3.05) is 19.6 Å². The second-order valence-corrected chi connectivity index (χ2v) is 5.77. The minimum absolute atomic E-state index is 0.318. The molecule has 0 radical (unpaired) electrons. The van der Waals surface area contributed by atoms with Crippen LogP contribution in [0.25, 0.3) is 0 Å². The van der Waals surface area contributed by atoms with Crippen LogP contribution in [0.4, 0.5) is 0 Å². The van der Waals surface area contributed by atoms with Gasteiger partial charge in [0.15, 0.2) is 0 Å². The van der Waals surface area contributed by atoms with Crippen molar-refractivity contribution in [3.8, 4) is 0 Å². The van der Waals surface area contributed by atoms with Crippen molar-refractivity contribution in [3.63, 3.8) is 0 Å². The number of nitrogens with zero attached hydrogens (tertiary/aromatic N) is 1. The molecule has 2 aliphatic heterocycles. The topological polar surface area (TPSA) is 52.6 Å². The lowest BCUT2D eigenvalue weighted by Gasteiger charge is -2.32. The van der Waals surface area contributed by atoms with Crippen LogP contribution in [-0.2, 0) is 4.79 Å². The molecule has 2 saturated heterocycles. The summed E-state index contributed by atoms with van der Waals surface area (Å²) in [6, 6.07) is 0.304. The molecule has 4 nitrogen and oxygen atoms in total. The van der Waals surface area contributed by atoms with Gasteiger partial charge in [-0.1, -0.05) is 0 Å². The summed E-state index contributed by atoms with van der Waals surface area (Å²) in [5.74, 6) is 0.621. The zero-order chi connectivity index (χ0) is 12.4. The van der Waals surface area contributed by atoms with Gasteiger partial charge in [0.25, 0.3) is 0 Å². The molecule has 17 heavy (non-hydrogen) atoms. The van der Waals surface area contributed by atoms with Crippen LogP contribution in [-0.4, -0.2) is 47.7 Å². The monoisotopic (exact) mass is 240 g/mol. The Morgan fingerprint density at radius 2 is 2.12 bits per heavy atom. The van der Waals surface area contributed by atoms with Crippen LogP contribution in [0, 0.1) is 11.8 Å². The Kier molecular flexibility index (Phi) is 4.05. The van der Waals surface area contributed by atoms with Gasteiger partial charge in [-0.15, -0.1) is 0 Å². The van der Waals surface area contributed by atoms with Crippen LogP contribution >= 0.6 is 0 Å². The molecule has 4 heteroatoms. The molecule has 2 rings (SSSR count). The van der Waals surface area contributed by atoms with Gasteiger partial charge in [0.2, 0.25) is 0 Å². The van der Waals surface area contributed by atoms with Crippen LogP contribution < -0.4 is 5.32 Å². The Balaban J connectivity index is 1.88. The van der Waals surface area contributed by atoms with Crippen molar-refractivity contribution in [3.05, 3.63) is 0 Å². The zero-order valence-corrected chi connectivity index (χ0v) is 10.9. The second-order valence-electron chi connectivity index (χ2n) is 5.77. The summed E-state index contributed by atoms with van der Waals surface area (Å²) in [6.07, 6.45) is 3.20. The molecule has 2 aliphatic rings. The number of hydrogen-bond acceptors (Lipinski definition) is 3. The van der Waals surface area contributed by atoms with E-state index in [2.05, 4.69) is 24.1 Å². The van der Waals surface area contributed by atoms with Gasteiger partial charge in [0, 0.05) is 12.6 Å². The molecule has 2 heterocycles. The van der Waals surface area contributed by atoms with Gasteiger partial charge < -0.3 is 15.3 Å². The lowest BCUT2D eigenvalue weighted by Crippen LogP contribution is -2.45. The van der Waals surface area contributed by atoms with E-state index < -0.39 is 5.97 Å². The molecule has 2 N–H and O–H groups in total. The molecule has 2 fully saturated rings. The van der Waals surface area contributed by atoms with Crippen molar-refractivity contribution in [2.24, 2.45) is 11.8 Å². The van der Waals surface area contributed by atoms with Crippen molar-refractivity contribution >= 4 is 5.97 Å². The number of aliphatic carboxylic acids is 1. The smallest absolute Gasteiger partial charge is 0.320 e. The summed E-state index contributed by atoms with van der Waals surface area (Å²) in [6.45, 7) is 7.69. The number of hydrogen-bond donors (Lipinski definition) is 2. The van der Waals surface area contributed by atoms with Gasteiger partial charge in [-0.25, -0.2) is 0 Å². The molecule has 0 bridgehead atoms. The van der Waals surface area contributed by atoms with Crippen molar-refractivity contribution in [1.82, 2.24) is 10.2 Å². The predicted octanol–water partition coefficient (Wildman–Crippen LogP) is 1.17. The molecule has 0 aromatic heterocycles. The molecule has 0 spiro atoms. The standard InChI is InChI=1S/C13H24N2O2/c1-9(2)15-6-4-11(8-15)10-3-5-14-12(7-10)13(16)17/h9-12,14H,3-8H2,1-2H3,(H,16,17). The molecule has 0 saturated carbocycles. The van der Waals surface area contributed by atoms with E-state index in [4.69, 9.17) is 5.11 Å². The van der Waals surface area contributed by atoms with Crippen LogP contribution in [0.3, 0.4) is 0 Å². The number of carboxylic acids is 1.